The smallest absolute Gasteiger partial charge is 0.136 e. The average molecular weight is 307 g/mol. The molecule has 0 aliphatic rings. The zero-order valence-corrected chi connectivity index (χ0v) is 13.4. The lowest BCUT2D eigenvalue weighted by atomic mass is 10.2. The molecule has 3 rings (SSSR count). The number of rotatable bonds is 3. The molecular weight excluding hydrogens is 289 g/mol. The maximum atomic E-state index is 13.3. The molecule has 0 fully saturated rings. The Morgan fingerprint density at radius 1 is 1.09 bits per heavy atom. The number of hydrogen-bond acceptors (Lipinski definition) is 2. The van der Waals surface area contributed by atoms with Crippen LogP contribution in [0, 0.1) is 26.6 Å². The molecule has 0 radical (unpaired) electrons. The molecule has 0 spiro atoms. The lowest BCUT2D eigenvalue weighted by Crippen LogP contribution is -2.01. The summed E-state index contributed by atoms with van der Waals surface area (Å²) in [6.07, 6.45) is 3.59. The van der Waals surface area contributed by atoms with Gasteiger partial charge in [-0.05, 0) is 62.7 Å². The number of aliphatic imine (C=N–C) groups is 1. The maximum Gasteiger partial charge on any atom is 0.136 e. The van der Waals surface area contributed by atoms with E-state index in [9.17, 15) is 4.39 Å². The fraction of sp³-hybridized carbons (Fsp3) is 0.158. The van der Waals surface area contributed by atoms with Crippen molar-refractivity contribution < 1.29 is 4.39 Å². The van der Waals surface area contributed by atoms with E-state index in [1.165, 1.54) is 6.07 Å². The molecule has 2 aromatic heterocycles. The molecule has 23 heavy (non-hydrogen) atoms. The molecule has 3 nitrogen and oxygen atoms in total. The number of hydrogen-bond donors (Lipinski definition) is 0. The highest BCUT2D eigenvalue weighted by Crippen LogP contribution is 2.20. The Balaban J connectivity index is 1.95. The van der Waals surface area contributed by atoms with E-state index in [0.29, 0.717) is 5.56 Å². The van der Waals surface area contributed by atoms with Gasteiger partial charge in [-0.15, -0.1) is 0 Å². The van der Waals surface area contributed by atoms with Crippen LogP contribution in [-0.4, -0.2) is 15.8 Å². The molecule has 0 saturated carbocycles. The van der Waals surface area contributed by atoms with Gasteiger partial charge in [0.2, 0.25) is 0 Å². The summed E-state index contributed by atoms with van der Waals surface area (Å²) in [5.41, 5.74) is 4.53. The third-order valence-electron chi connectivity index (χ3n) is 3.84. The van der Waals surface area contributed by atoms with Crippen molar-refractivity contribution >= 4 is 11.9 Å². The fourth-order valence-corrected chi connectivity index (χ4v) is 2.61. The highest BCUT2D eigenvalue weighted by molar-refractivity contribution is 5.84. The summed E-state index contributed by atoms with van der Waals surface area (Å²) in [6.45, 7) is 5.82. The standard InChI is InChI=1S/C19H18FN3/c1-13-10-17(7-8-18(13)20)22-12-16-11-14(2)23(15(16)3)19-6-4-5-9-21-19/h4-12H,1-3H3. The van der Waals surface area contributed by atoms with Gasteiger partial charge in [-0.25, -0.2) is 9.37 Å². The predicted molar refractivity (Wildman–Crippen MR) is 91.4 cm³/mol. The van der Waals surface area contributed by atoms with E-state index in [1.54, 1.807) is 25.3 Å². The zero-order valence-electron chi connectivity index (χ0n) is 13.4. The fourth-order valence-electron chi connectivity index (χ4n) is 2.61. The summed E-state index contributed by atoms with van der Waals surface area (Å²) in [6, 6.07) is 12.8. The van der Waals surface area contributed by atoms with E-state index >= 15 is 0 Å². The summed E-state index contributed by atoms with van der Waals surface area (Å²) in [4.78, 5) is 8.86. The summed E-state index contributed by atoms with van der Waals surface area (Å²) in [7, 11) is 0. The third-order valence-corrected chi connectivity index (χ3v) is 3.84. The van der Waals surface area contributed by atoms with E-state index < -0.39 is 0 Å². The molecule has 2 heterocycles. The number of nitrogens with zero attached hydrogens (tertiary/aromatic N) is 3. The largest absolute Gasteiger partial charge is 0.303 e. The highest BCUT2D eigenvalue weighted by Gasteiger charge is 2.09. The lowest BCUT2D eigenvalue weighted by Gasteiger charge is -2.07. The van der Waals surface area contributed by atoms with Crippen molar-refractivity contribution in [3.05, 3.63) is 77.0 Å². The van der Waals surface area contributed by atoms with Crippen LogP contribution in [0.4, 0.5) is 10.1 Å². The average Bonchev–Trinajstić information content (AvgIpc) is 2.83. The Morgan fingerprint density at radius 2 is 1.91 bits per heavy atom. The Kier molecular flexibility index (Phi) is 4.06. The summed E-state index contributed by atoms with van der Waals surface area (Å²) < 4.78 is 15.4. The van der Waals surface area contributed by atoms with Gasteiger partial charge in [0, 0.05) is 29.4 Å². The van der Waals surface area contributed by atoms with Gasteiger partial charge in [0.05, 0.1) is 5.69 Å². The van der Waals surface area contributed by atoms with Gasteiger partial charge in [0.15, 0.2) is 0 Å². The minimum Gasteiger partial charge on any atom is -0.303 e. The van der Waals surface area contributed by atoms with Crippen LogP contribution in [0.2, 0.25) is 0 Å². The summed E-state index contributed by atoms with van der Waals surface area (Å²) in [5.74, 6) is 0.678. The number of aryl methyl sites for hydroxylation is 2. The van der Waals surface area contributed by atoms with Crippen LogP contribution in [0.3, 0.4) is 0 Å². The van der Waals surface area contributed by atoms with Gasteiger partial charge in [-0.3, -0.25) is 4.99 Å². The van der Waals surface area contributed by atoms with Crippen molar-refractivity contribution in [3.63, 3.8) is 0 Å². The number of aromatic nitrogens is 2. The Morgan fingerprint density at radius 3 is 2.61 bits per heavy atom. The highest BCUT2D eigenvalue weighted by atomic mass is 19.1. The molecule has 1 aromatic carbocycles. The molecule has 3 aromatic rings. The molecule has 116 valence electrons. The molecule has 0 saturated heterocycles. The molecule has 0 amide bonds. The molecule has 4 heteroatoms. The van der Waals surface area contributed by atoms with E-state index in [1.807, 2.05) is 38.3 Å². The SMILES string of the molecule is Cc1cc(N=Cc2cc(C)n(-c3ccccn3)c2C)ccc1F. The first-order valence-electron chi connectivity index (χ1n) is 7.47. The minimum absolute atomic E-state index is 0.211. The minimum atomic E-state index is -0.211. The van der Waals surface area contributed by atoms with Crippen molar-refractivity contribution in [1.82, 2.24) is 9.55 Å². The van der Waals surface area contributed by atoms with Crippen LogP contribution in [0.25, 0.3) is 5.82 Å². The third kappa shape index (κ3) is 3.06. The van der Waals surface area contributed by atoms with Crippen LogP contribution >= 0.6 is 0 Å². The number of halogens is 1. The molecule has 0 N–H and O–H groups in total. The van der Waals surface area contributed by atoms with Crippen LogP contribution in [0.15, 0.2) is 53.7 Å². The topological polar surface area (TPSA) is 30.2 Å². The van der Waals surface area contributed by atoms with Crippen LogP contribution in [-0.2, 0) is 0 Å². The monoisotopic (exact) mass is 307 g/mol. The van der Waals surface area contributed by atoms with Crippen molar-refractivity contribution in [1.29, 1.82) is 0 Å². The van der Waals surface area contributed by atoms with Crippen LogP contribution in [0.1, 0.15) is 22.5 Å². The van der Waals surface area contributed by atoms with E-state index in [-0.39, 0.29) is 5.82 Å². The van der Waals surface area contributed by atoms with Crippen molar-refractivity contribution in [3.8, 4) is 5.82 Å². The number of pyridine rings is 1. The second-order valence-corrected chi connectivity index (χ2v) is 5.54. The Bertz CT molecular complexity index is 864. The van der Waals surface area contributed by atoms with E-state index in [2.05, 4.69) is 20.6 Å². The first-order chi connectivity index (χ1) is 11.1. The lowest BCUT2D eigenvalue weighted by molar-refractivity contribution is 0.618. The first-order valence-corrected chi connectivity index (χ1v) is 7.47. The van der Waals surface area contributed by atoms with Crippen LogP contribution in [0.5, 0.6) is 0 Å². The van der Waals surface area contributed by atoms with Gasteiger partial charge >= 0.3 is 0 Å². The molecule has 0 aliphatic heterocycles. The predicted octanol–water partition coefficient (Wildman–Crippen LogP) is 4.69. The molecule has 0 atom stereocenters. The first kappa shape index (κ1) is 15.2. The second kappa shape index (κ2) is 6.16. The normalized spacial score (nSPS) is 11.3. The molecule has 0 bridgehead atoms. The van der Waals surface area contributed by atoms with Gasteiger partial charge in [-0.1, -0.05) is 6.07 Å². The van der Waals surface area contributed by atoms with Gasteiger partial charge in [-0.2, -0.15) is 0 Å². The maximum absolute atomic E-state index is 13.3. The quantitative estimate of drug-likeness (QED) is 0.646. The summed E-state index contributed by atoms with van der Waals surface area (Å²) in [5, 5.41) is 0. The Hall–Kier alpha value is -2.75. The van der Waals surface area contributed by atoms with Gasteiger partial charge < -0.3 is 4.57 Å². The van der Waals surface area contributed by atoms with Gasteiger partial charge in [0.1, 0.15) is 11.6 Å². The van der Waals surface area contributed by atoms with Crippen molar-refractivity contribution in [2.75, 3.05) is 0 Å². The molecule has 0 aliphatic carbocycles. The second-order valence-electron chi connectivity index (χ2n) is 5.54. The van der Waals surface area contributed by atoms with E-state index in [0.717, 1.165) is 28.5 Å². The van der Waals surface area contributed by atoms with Crippen molar-refractivity contribution in [2.45, 2.75) is 20.8 Å². The van der Waals surface area contributed by atoms with Crippen molar-refractivity contribution in [2.24, 2.45) is 4.99 Å². The molecule has 0 unspecified atom stereocenters. The van der Waals surface area contributed by atoms with E-state index in [4.69, 9.17) is 0 Å². The summed E-state index contributed by atoms with van der Waals surface area (Å²) >= 11 is 0. The van der Waals surface area contributed by atoms with Crippen LogP contribution < -0.4 is 0 Å². The van der Waals surface area contributed by atoms with Gasteiger partial charge in [0.25, 0.3) is 0 Å². The Labute approximate surface area is 135 Å². The number of benzene rings is 1. The molecular formula is C19H18FN3. The zero-order chi connectivity index (χ0) is 16.4.